The second kappa shape index (κ2) is 7.61. The van der Waals surface area contributed by atoms with E-state index >= 15 is 0 Å². The monoisotopic (exact) mass is 407 g/mol. The van der Waals surface area contributed by atoms with Crippen LogP contribution in [0.15, 0.2) is 16.3 Å². The first kappa shape index (κ1) is 20.2. The maximum Gasteiger partial charge on any atom is 0.253 e. The predicted octanol–water partition coefficient (Wildman–Crippen LogP) is 1.59. The van der Waals surface area contributed by atoms with Crippen molar-refractivity contribution in [1.29, 1.82) is 0 Å². The number of hydrogen-bond acceptors (Lipinski definition) is 5. The Hall–Kier alpha value is -1.16. The van der Waals surface area contributed by atoms with Gasteiger partial charge in [0, 0.05) is 12.1 Å². The number of nitrogens with zero attached hydrogens (tertiary/aromatic N) is 1. The molecule has 2 heterocycles. The first-order valence-corrected chi connectivity index (χ1v) is 10.5. The second-order valence-corrected chi connectivity index (χ2v) is 10.7. The summed E-state index contributed by atoms with van der Waals surface area (Å²) in [6.45, 7) is 5.59. The summed E-state index contributed by atoms with van der Waals surface area (Å²) < 4.78 is 27.1. The van der Waals surface area contributed by atoms with Gasteiger partial charge in [-0.3, -0.25) is 9.59 Å². The lowest BCUT2D eigenvalue weighted by Crippen LogP contribution is -2.50. The van der Waals surface area contributed by atoms with E-state index in [1.54, 1.807) is 0 Å². The van der Waals surface area contributed by atoms with E-state index in [-0.39, 0.29) is 23.2 Å². The molecule has 10 heteroatoms. The molecule has 0 aromatic carbocycles. The molecule has 2 rings (SSSR count). The predicted molar refractivity (Wildman–Crippen MR) is 97.1 cm³/mol. The van der Waals surface area contributed by atoms with Gasteiger partial charge in [-0.15, -0.1) is 11.3 Å². The van der Waals surface area contributed by atoms with Gasteiger partial charge < -0.3 is 10.6 Å². The molecule has 1 aromatic heterocycles. The summed E-state index contributed by atoms with van der Waals surface area (Å²) in [6, 6.07) is 2.14. The third-order valence-corrected chi connectivity index (χ3v) is 7.16. The van der Waals surface area contributed by atoms with E-state index in [1.165, 1.54) is 16.4 Å². The summed E-state index contributed by atoms with van der Waals surface area (Å²) in [4.78, 5) is 24.2. The van der Waals surface area contributed by atoms with Crippen LogP contribution in [0.5, 0.6) is 0 Å². The Morgan fingerprint density at radius 2 is 2.04 bits per heavy atom. The Bertz CT molecular complexity index is 755. The molecule has 0 bridgehead atoms. The fraction of sp³-hybridized carbons (Fsp3) is 0.600. The topological polar surface area (TPSA) is 95.6 Å². The molecule has 0 aliphatic carbocycles. The van der Waals surface area contributed by atoms with Crippen molar-refractivity contribution in [1.82, 2.24) is 14.9 Å². The minimum Gasteiger partial charge on any atom is -0.350 e. The number of hydrogen-bond donors (Lipinski definition) is 2. The van der Waals surface area contributed by atoms with Gasteiger partial charge in [-0.2, -0.15) is 4.31 Å². The first-order chi connectivity index (χ1) is 11.5. The molecule has 1 aliphatic heterocycles. The Morgan fingerprint density at radius 1 is 1.36 bits per heavy atom. The number of rotatable bonds is 5. The molecule has 0 saturated carbocycles. The van der Waals surface area contributed by atoms with E-state index in [0.29, 0.717) is 17.2 Å². The number of carbonyl (C=O) groups is 2. The van der Waals surface area contributed by atoms with E-state index in [2.05, 4.69) is 10.6 Å². The van der Waals surface area contributed by atoms with Gasteiger partial charge in [0.2, 0.25) is 11.8 Å². The molecule has 1 atom stereocenters. The molecule has 1 aliphatic rings. The maximum absolute atomic E-state index is 12.7. The second-order valence-electron chi connectivity index (χ2n) is 6.85. The van der Waals surface area contributed by atoms with Crippen molar-refractivity contribution in [3.8, 4) is 0 Å². The van der Waals surface area contributed by atoms with Crippen LogP contribution >= 0.6 is 22.9 Å². The lowest BCUT2D eigenvalue weighted by Gasteiger charge is -2.23. The molecule has 1 fully saturated rings. The van der Waals surface area contributed by atoms with Crippen molar-refractivity contribution in [3.05, 3.63) is 16.5 Å². The van der Waals surface area contributed by atoms with E-state index in [9.17, 15) is 18.0 Å². The highest BCUT2D eigenvalue weighted by molar-refractivity contribution is 7.91. The zero-order chi connectivity index (χ0) is 18.8. The number of carbonyl (C=O) groups excluding carboxylic acids is 2. The van der Waals surface area contributed by atoms with Crippen molar-refractivity contribution in [2.24, 2.45) is 0 Å². The smallest absolute Gasteiger partial charge is 0.253 e. The highest BCUT2D eigenvalue weighted by Gasteiger charge is 2.40. The third kappa shape index (κ3) is 5.16. The summed E-state index contributed by atoms with van der Waals surface area (Å²) in [5.41, 5.74) is -0.400. The molecular weight excluding hydrogens is 386 g/mol. The van der Waals surface area contributed by atoms with Gasteiger partial charge >= 0.3 is 0 Å². The maximum atomic E-state index is 12.7. The normalized spacial score (nSPS) is 19.0. The molecule has 1 unspecified atom stereocenters. The molecule has 1 aromatic rings. The van der Waals surface area contributed by atoms with Gasteiger partial charge in [-0.25, -0.2) is 8.42 Å². The van der Waals surface area contributed by atoms with E-state index < -0.39 is 27.5 Å². The molecule has 1 saturated heterocycles. The Labute approximate surface area is 156 Å². The van der Waals surface area contributed by atoms with E-state index in [1.807, 2.05) is 20.8 Å². The van der Waals surface area contributed by atoms with Crippen molar-refractivity contribution in [2.45, 2.75) is 49.4 Å². The molecule has 0 spiro atoms. The molecular formula is C15H22ClN3O4S2. The van der Waals surface area contributed by atoms with Gasteiger partial charge in [-0.05, 0) is 45.7 Å². The lowest BCUT2D eigenvalue weighted by molar-refractivity contribution is -0.128. The number of thiophene rings is 1. The lowest BCUT2D eigenvalue weighted by atomic mass is 10.1. The Kier molecular flexibility index (Phi) is 6.13. The summed E-state index contributed by atoms with van der Waals surface area (Å²) in [5.74, 6) is -0.786. The van der Waals surface area contributed by atoms with E-state index in [4.69, 9.17) is 11.6 Å². The zero-order valence-electron chi connectivity index (χ0n) is 14.3. The standard InChI is InChI=1S/C15H22ClN3O4S2/c1-15(2,3)18-12(20)9-17-14(21)10-5-4-8-19(10)25(22,23)13-7-6-11(16)24-13/h6-7,10H,4-5,8-9H2,1-3H3,(H,17,21)(H,18,20). The molecule has 25 heavy (non-hydrogen) atoms. The average Bonchev–Trinajstić information content (AvgIpc) is 3.12. The SMILES string of the molecule is CC(C)(C)NC(=O)CNC(=O)C1CCCN1S(=O)(=O)c1ccc(Cl)s1. The van der Waals surface area contributed by atoms with Crippen LogP contribution in [-0.4, -0.2) is 49.2 Å². The highest BCUT2D eigenvalue weighted by Crippen LogP contribution is 2.32. The minimum atomic E-state index is -3.77. The van der Waals surface area contributed by atoms with Crippen LogP contribution in [0.25, 0.3) is 0 Å². The number of halogens is 1. The number of sulfonamides is 1. The van der Waals surface area contributed by atoms with Crippen LogP contribution in [0.1, 0.15) is 33.6 Å². The first-order valence-electron chi connectivity index (χ1n) is 7.86. The fourth-order valence-corrected chi connectivity index (χ4v) is 5.86. The van der Waals surface area contributed by atoms with Gasteiger partial charge in [0.25, 0.3) is 10.0 Å². The Morgan fingerprint density at radius 3 is 2.60 bits per heavy atom. The fourth-order valence-electron chi connectivity index (χ4n) is 2.59. The van der Waals surface area contributed by atoms with Gasteiger partial charge in [0.1, 0.15) is 10.3 Å². The van der Waals surface area contributed by atoms with Gasteiger partial charge in [-0.1, -0.05) is 11.6 Å². The van der Waals surface area contributed by atoms with Crippen LogP contribution in [0.4, 0.5) is 0 Å². The van der Waals surface area contributed by atoms with Gasteiger partial charge in [0.15, 0.2) is 0 Å². The highest BCUT2D eigenvalue weighted by atomic mass is 35.5. The largest absolute Gasteiger partial charge is 0.350 e. The quantitative estimate of drug-likeness (QED) is 0.774. The van der Waals surface area contributed by atoms with Crippen LogP contribution in [0.3, 0.4) is 0 Å². The van der Waals surface area contributed by atoms with Crippen molar-refractivity contribution >= 4 is 44.8 Å². The van der Waals surface area contributed by atoms with Crippen LogP contribution in [0.2, 0.25) is 4.34 Å². The van der Waals surface area contributed by atoms with E-state index in [0.717, 1.165) is 11.3 Å². The summed E-state index contributed by atoms with van der Waals surface area (Å²) >= 11 is 6.78. The van der Waals surface area contributed by atoms with Crippen LogP contribution in [0, 0.1) is 0 Å². The van der Waals surface area contributed by atoms with Crippen LogP contribution in [-0.2, 0) is 19.6 Å². The van der Waals surface area contributed by atoms with Crippen molar-refractivity contribution in [3.63, 3.8) is 0 Å². The molecule has 2 N–H and O–H groups in total. The van der Waals surface area contributed by atoms with Crippen molar-refractivity contribution in [2.75, 3.05) is 13.1 Å². The molecule has 2 amide bonds. The Balaban J connectivity index is 2.03. The molecule has 7 nitrogen and oxygen atoms in total. The van der Waals surface area contributed by atoms with Crippen molar-refractivity contribution < 1.29 is 18.0 Å². The van der Waals surface area contributed by atoms with Crippen LogP contribution < -0.4 is 10.6 Å². The summed E-state index contributed by atoms with van der Waals surface area (Å²) in [6.07, 6.45) is 1.01. The van der Waals surface area contributed by atoms with Gasteiger partial charge in [0.05, 0.1) is 10.9 Å². The number of amides is 2. The molecule has 140 valence electrons. The summed E-state index contributed by atoms with van der Waals surface area (Å²) in [5, 5.41) is 5.26. The zero-order valence-corrected chi connectivity index (χ0v) is 16.7. The summed E-state index contributed by atoms with van der Waals surface area (Å²) in [7, 11) is -3.77. The molecule has 0 radical (unpaired) electrons. The average molecular weight is 408 g/mol. The third-order valence-electron chi connectivity index (χ3n) is 3.56. The minimum absolute atomic E-state index is 0.114. The number of nitrogens with one attached hydrogen (secondary N) is 2.